The predicted molar refractivity (Wildman–Crippen MR) is 80.6 cm³/mol. The van der Waals surface area contributed by atoms with Crippen molar-refractivity contribution in [1.82, 2.24) is 9.88 Å². The van der Waals surface area contributed by atoms with Gasteiger partial charge in [0.1, 0.15) is 5.75 Å². The fraction of sp³-hybridized carbons (Fsp3) is 0.357. The molecule has 0 radical (unpaired) electrons. The average Bonchev–Trinajstić information content (AvgIpc) is 2.81. The van der Waals surface area contributed by atoms with E-state index in [4.69, 9.17) is 10.5 Å². The molecule has 1 aromatic heterocycles. The van der Waals surface area contributed by atoms with Gasteiger partial charge in [-0.1, -0.05) is 12.1 Å². The highest BCUT2D eigenvalue weighted by molar-refractivity contribution is 7.13. The van der Waals surface area contributed by atoms with Gasteiger partial charge in [-0.15, -0.1) is 11.3 Å². The van der Waals surface area contributed by atoms with Gasteiger partial charge in [-0.2, -0.15) is 0 Å². The van der Waals surface area contributed by atoms with Crippen LogP contribution in [0.25, 0.3) is 11.3 Å². The summed E-state index contributed by atoms with van der Waals surface area (Å²) in [5.74, 6) is 0.867. The van der Waals surface area contributed by atoms with Crippen LogP contribution in [0.4, 0.5) is 5.13 Å². The highest BCUT2D eigenvalue weighted by atomic mass is 32.1. The maximum absolute atomic E-state index is 5.85. The lowest BCUT2D eigenvalue weighted by Gasteiger charge is -2.12. The Kier molecular flexibility index (Phi) is 4.76. The van der Waals surface area contributed by atoms with Crippen LogP contribution >= 0.6 is 11.3 Å². The van der Waals surface area contributed by atoms with Crippen molar-refractivity contribution in [2.45, 2.75) is 6.42 Å². The molecular weight excluding hydrogens is 258 g/mol. The number of rotatable bonds is 6. The maximum Gasteiger partial charge on any atom is 0.180 e. The molecular formula is C14H19N3OS. The Morgan fingerprint density at radius 2 is 2.11 bits per heavy atom. The van der Waals surface area contributed by atoms with E-state index >= 15 is 0 Å². The summed E-state index contributed by atoms with van der Waals surface area (Å²) in [5, 5.41) is 2.54. The van der Waals surface area contributed by atoms with Gasteiger partial charge in [0.25, 0.3) is 0 Å². The summed E-state index contributed by atoms with van der Waals surface area (Å²) in [6, 6.07) is 7.94. The Morgan fingerprint density at radius 3 is 2.79 bits per heavy atom. The Balaban J connectivity index is 2.04. The van der Waals surface area contributed by atoms with Gasteiger partial charge in [-0.25, -0.2) is 4.98 Å². The van der Waals surface area contributed by atoms with Crippen LogP contribution in [0, 0.1) is 0 Å². The first-order chi connectivity index (χ1) is 9.16. The van der Waals surface area contributed by atoms with Gasteiger partial charge in [0.05, 0.1) is 12.3 Å². The number of benzene rings is 1. The summed E-state index contributed by atoms with van der Waals surface area (Å²) < 4.78 is 5.85. The Labute approximate surface area is 117 Å². The normalized spacial score (nSPS) is 10.9. The van der Waals surface area contributed by atoms with E-state index in [2.05, 4.69) is 24.0 Å². The van der Waals surface area contributed by atoms with Crippen molar-refractivity contribution < 1.29 is 4.74 Å². The smallest absolute Gasteiger partial charge is 0.180 e. The van der Waals surface area contributed by atoms with Gasteiger partial charge in [0, 0.05) is 17.5 Å². The number of ether oxygens (including phenoxy) is 1. The fourth-order valence-corrected chi connectivity index (χ4v) is 2.34. The summed E-state index contributed by atoms with van der Waals surface area (Å²) in [7, 11) is 4.12. The van der Waals surface area contributed by atoms with Crippen LogP contribution in [-0.4, -0.2) is 37.1 Å². The molecule has 4 nitrogen and oxygen atoms in total. The van der Waals surface area contributed by atoms with Crippen LogP contribution < -0.4 is 10.5 Å². The summed E-state index contributed by atoms with van der Waals surface area (Å²) in [4.78, 5) is 6.46. The van der Waals surface area contributed by atoms with E-state index in [1.54, 1.807) is 0 Å². The van der Waals surface area contributed by atoms with E-state index in [1.807, 2.05) is 29.6 Å². The molecule has 1 aromatic carbocycles. The number of hydrogen-bond acceptors (Lipinski definition) is 5. The second-order valence-electron chi connectivity index (χ2n) is 4.57. The van der Waals surface area contributed by atoms with Crippen LogP contribution in [0.2, 0.25) is 0 Å². The lowest BCUT2D eigenvalue weighted by Crippen LogP contribution is -2.15. The molecule has 102 valence electrons. The van der Waals surface area contributed by atoms with Crippen molar-refractivity contribution in [1.29, 1.82) is 0 Å². The number of para-hydroxylation sites is 1. The van der Waals surface area contributed by atoms with E-state index < -0.39 is 0 Å². The molecule has 0 unspecified atom stereocenters. The van der Waals surface area contributed by atoms with E-state index in [-0.39, 0.29) is 0 Å². The summed E-state index contributed by atoms with van der Waals surface area (Å²) in [5.41, 5.74) is 7.56. The number of nitrogen functional groups attached to an aromatic ring is 1. The van der Waals surface area contributed by atoms with Crippen LogP contribution in [0.5, 0.6) is 5.75 Å². The molecule has 19 heavy (non-hydrogen) atoms. The molecule has 0 aliphatic rings. The van der Waals surface area contributed by atoms with Crippen molar-refractivity contribution in [3.63, 3.8) is 0 Å². The lowest BCUT2D eigenvalue weighted by atomic mass is 10.1. The highest BCUT2D eigenvalue weighted by Gasteiger charge is 2.08. The Hall–Kier alpha value is -1.59. The first-order valence-corrected chi connectivity index (χ1v) is 7.12. The second-order valence-corrected chi connectivity index (χ2v) is 5.46. The summed E-state index contributed by atoms with van der Waals surface area (Å²) in [6.07, 6.45) is 1.00. The predicted octanol–water partition coefficient (Wildman–Crippen LogP) is 2.72. The van der Waals surface area contributed by atoms with Crippen molar-refractivity contribution in [2.24, 2.45) is 0 Å². The van der Waals surface area contributed by atoms with Gasteiger partial charge in [0.2, 0.25) is 0 Å². The monoisotopic (exact) mass is 277 g/mol. The van der Waals surface area contributed by atoms with Gasteiger partial charge in [-0.05, 0) is 32.6 Å². The van der Waals surface area contributed by atoms with Crippen LogP contribution in [-0.2, 0) is 0 Å². The third-order valence-electron chi connectivity index (χ3n) is 2.69. The number of anilines is 1. The van der Waals surface area contributed by atoms with Gasteiger partial charge >= 0.3 is 0 Å². The molecule has 0 aliphatic carbocycles. The van der Waals surface area contributed by atoms with E-state index in [0.29, 0.717) is 11.7 Å². The minimum absolute atomic E-state index is 0.581. The number of nitrogens with zero attached hydrogens (tertiary/aromatic N) is 2. The third kappa shape index (κ3) is 3.94. The third-order valence-corrected chi connectivity index (χ3v) is 3.37. The zero-order valence-electron chi connectivity index (χ0n) is 11.3. The first kappa shape index (κ1) is 13.8. The van der Waals surface area contributed by atoms with Crippen LogP contribution in [0.15, 0.2) is 29.6 Å². The molecule has 0 saturated carbocycles. The zero-order chi connectivity index (χ0) is 13.7. The minimum atomic E-state index is 0.581. The maximum atomic E-state index is 5.85. The number of aromatic nitrogens is 1. The van der Waals surface area contributed by atoms with Crippen LogP contribution in [0.3, 0.4) is 0 Å². The molecule has 0 saturated heterocycles. The molecule has 0 aliphatic heterocycles. The molecule has 1 heterocycles. The van der Waals surface area contributed by atoms with Crippen molar-refractivity contribution in [3.8, 4) is 17.0 Å². The molecule has 0 atom stereocenters. The Morgan fingerprint density at radius 1 is 1.32 bits per heavy atom. The average molecular weight is 277 g/mol. The van der Waals surface area contributed by atoms with Crippen molar-refractivity contribution >= 4 is 16.5 Å². The second kappa shape index (κ2) is 6.54. The quantitative estimate of drug-likeness (QED) is 0.825. The number of nitrogens with two attached hydrogens (primary N) is 1. The number of hydrogen-bond donors (Lipinski definition) is 1. The Bertz CT molecular complexity index is 525. The van der Waals surface area contributed by atoms with Gasteiger partial charge in [-0.3, -0.25) is 0 Å². The molecule has 0 bridgehead atoms. The minimum Gasteiger partial charge on any atom is -0.493 e. The standard InChI is InChI=1S/C14H19N3OS/c1-17(2)8-5-9-18-13-7-4-3-6-11(13)12-10-19-14(15)16-12/h3-4,6-7,10H,5,8-9H2,1-2H3,(H2,15,16). The van der Waals surface area contributed by atoms with Gasteiger partial charge in [0.15, 0.2) is 5.13 Å². The van der Waals surface area contributed by atoms with E-state index in [9.17, 15) is 0 Å². The molecule has 0 amide bonds. The van der Waals surface area contributed by atoms with Crippen molar-refractivity contribution in [2.75, 3.05) is 33.0 Å². The molecule has 0 fully saturated rings. The first-order valence-electron chi connectivity index (χ1n) is 6.25. The topological polar surface area (TPSA) is 51.4 Å². The molecule has 0 spiro atoms. The molecule has 2 aromatic rings. The summed E-state index contributed by atoms with van der Waals surface area (Å²) in [6.45, 7) is 1.72. The SMILES string of the molecule is CN(C)CCCOc1ccccc1-c1csc(N)n1. The lowest BCUT2D eigenvalue weighted by molar-refractivity contribution is 0.282. The molecule has 5 heteroatoms. The van der Waals surface area contributed by atoms with E-state index in [0.717, 1.165) is 30.0 Å². The molecule has 2 N–H and O–H groups in total. The van der Waals surface area contributed by atoms with Crippen LogP contribution in [0.1, 0.15) is 6.42 Å². The fourth-order valence-electron chi connectivity index (χ4n) is 1.78. The number of thiazole rings is 1. The largest absolute Gasteiger partial charge is 0.493 e. The summed E-state index contributed by atoms with van der Waals surface area (Å²) >= 11 is 1.44. The molecule has 2 rings (SSSR count). The zero-order valence-corrected chi connectivity index (χ0v) is 12.1. The van der Waals surface area contributed by atoms with Crippen molar-refractivity contribution in [3.05, 3.63) is 29.6 Å². The van der Waals surface area contributed by atoms with E-state index in [1.165, 1.54) is 11.3 Å². The highest BCUT2D eigenvalue weighted by Crippen LogP contribution is 2.31. The van der Waals surface area contributed by atoms with Gasteiger partial charge < -0.3 is 15.4 Å².